The minimum absolute atomic E-state index is 0.0761. The van der Waals surface area contributed by atoms with E-state index in [1.54, 1.807) is 0 Å². The Hall–Kier alpha value is -2.21. The van der Waals surface area contributed by atoms with Crippen LogP contribution >= 0.6 is 0 Å². The molecule has 0 N–H and O–H groups in total. The molecule has 3 nitrogen and oxygen atoms in total. The molecule has 0 aliphatic heterocycles. The summed E-state index contributed by atoms with van der Waals surface area (Å²) in [4.78, 5) is 9.32. The van der Waals surface area contributed by atoms with Gasteiger partial charge in [-0.05, 0) is 62.0 Å². The first-order valence-electron chi connectivity index (χ1n) is 15.0. The second-order valence-corrected chi connectivity index (χ2v) is 11.2. The highest BCUT2D eigenvalue weighted by atomic mass is 14.9. The van der Waals surface area contributed by atoms with Crippen LogP contribution in [-0.2, 0) is 6.42 Å². The Morgan fingerprint density at radius 3 is 1.92 bits per heavy atom. The molecule has 0 unspecified atom stereocenters. The Bertz CT molecular complexity index is 886. The predicted molar refractivity (Wildman–Crippen MR) is 152 cm³/mol. The molecule has 3 heteroatoms. The molecule has 196 valence electrons. The molecule has 1 saturated carbocycles. The number of benzene rings is 1. The molecule has 1 fully saturated rings. The van der Waals surface area contributed by atoms with Crippen molar-refractivity contribution in [3.8, 4) is 17.5 Å². The summed E-state index contributed by atoms with van der Waals surface area (Å²) >= 11 is 0. The van der Waals surface area contributed by atoms with Gasteiger partial charge in [-0.25, -0.2) is 9.97 Å². The van der Waals surface area contributed by atoms with E-state index >= 15 is 0 Å². The molecule has 1 aliphatic carbocycles. The molecule has 1 aromatic heterocycles. The van der Waals surface area contributed by atoms with Gasteiger partial charge in [-0.3, -0.25) is 0 Å². The maximum absolute atomic E-state index is 9.92. The third-order valence-electron chi connectivity index (χ3n) is 8.35. The standard InChI is InChI=1S/C33H49N3/c1-3-5-7-9-10-11-13-15-28-25-35-32(36-26-28)31-18-16-29(17-19-31)30-20-23-33(27-34,24-21-30)22-14-12-8-6-4-2/h16-19,25-26,30H,3-15,20-24H2,1-2H3. The summed E-state index contributed by atoms with van der Waals surface area (Å²) < 4.78 is 0. The second kappa shape index (κ2) is 15.8. The first kappa shape index (κ1) is 28.4. The maximum atomic E-state index is 9.92. The second-order valence-electron chi connectivity index (χ2n) is 11.2. The molecule has 0 bridgehead atoms. The summed E-state index contributed by atoms with van der Waals surface area (Å²) in [7, 11) is 0. The van der Waals surface area contributed by atoms with Crippen molar-refractivity contribution in [1.82, 2.24) is 9.97 Å². The van der Waals surface area contributed by atoms with E-state index < -0.39 is 0 Å². The Balaban J connectivity index is 1.43. The molecule has 36 heavy (non-hydrogen) atoms. The lowest BCUT2D eigenvalue weighted by molar-refractivity contribution is 0.223. The number of hydrogen-bond acceptors (Lipinski definition) is 3. The topological polar surface area (TPSA) is 49.6 Å². The van der Waals surface area contributed by atoms with Crippen LogP contribution < -0.4 is 0 Å². The van der Waals surface area contributed by atoms with Gasteiger partial charge in [0.05, 0.1) is 11.5 Å². The maximum Gasteiger partial charge on any atom is 0.159 e. The minimum atomic E-state index is -0.0761. The van der Waals surface area contributed by atoms with Crippen LogP contribution in [0, 0.1) is 16.7 Å². The Morgan fingerprint density at radius 2 is 1.33 bits per heavy atom. The average molecular weight is 488 g/mol. The van der Waals surface area contributed by atoms with Gasteiger partial charge in [-0.15, -0.1) is 0 Å². The van der Waals surface area contributed by atoms with Crippen molar-refractivity contribution in [3.63, 3.8) is 0 Å². The van der Waals surface area contributed by atoms with Crippen molar-refractivity contribution in [2.45, 2.75) is 135 Å². The SMILES string of the molecule is CCCCCCCCCc1cnc(-c2ccc(C3CCC(C#N)(CCCCCCC)CC3)cc2)nc1. The third kappa shape index (κ3) is 9.02. The molecule has 2 aromatic rings. The van der Waals surface area contributed by atoms with Gasteiger partial charge in [-0.2, -0.15) is 5.26 Å². The van der Waals surface area contributed by atoms with Crippen LogP contribution in [0.1, 0.15) is 140 Å². The van der Waals surface area contributed by atoms with Gasteiger partial charge in [0.15, 0.2) is 5.82 Å². The molecule has 1 heterocycles. The zero-order valence-corrected chi connectivity index (χ0v) is 23.1. The van der Waals surface area contributed by atoms with E-state index in [9.17, 15) is 5.26 Å². The monoisotopic (exact) mass is 487 g/mol. The van der Waals surface area contributed by atoms with Crippen molar-refractivity contribution in [3.05, 3.63) is 47.8 Å². The highest BCUT2D eigenvalue weighted by Gasteiger charge is 2.35. The smallest absolute Gasteiger partial charge is 0.159 e. The van der Waals surface area contributed by atoms with Gasteiger partial charge in [0.25, 0.3) is 0 Å². The highest BCUT2D eigenvalue weighted by molar-refractivity contribution is 5.55. The number of nitrogens with zero attached hydrogens (tertiary/aromatic N) is 3. The molecule has 0 amide bonds. The fourth-order valence-corrected chi connectivity index (χ4v) is 5.81. The van der Waals surface area contributed by atoms with Gasteiger partial charge in [0.1, 0.15) is 0 Å². The van der Waals surface area contributed by atoms with E-state index in [2.05, 4.69) is 54.2 Å². The summed E-state index contributed by atoms with van der Waals surface area (Å²) in [6, 6.07) is 11.6. The predicted octanol–water partition coefficient (Wildman–Crippen LogP) is 9.96. The lowest BCUT2D eigenvalue weighted by Gasteiger charge is -2.35. The van der Waals surface area contributed by atoms with Crippen LogP contribution in [0.2, 0.25) is 0 Å². The van der Waals surface area contributed by atoms with Gasteiger partial charge < -0.3 is 0 Å². The number of hydrogen-bond donors (Lipinski definition) is 0. The van der Waals surface area contributed by atoms with Gasteiger partial charge in [0.2, 0.25) is 0 Å². The zero-order chi connectivity index (χ0) is 25.5. The van der Waals surface area contributed by atoms with Crippen molar-refractivity contribution < 1.29 is 0 Å². The first-order valence-corrected chi connectivity index (χ1v) is 15.0. The number of aromatic nitrogens is 2. The molecular formula is C33H49N3. The molecule has 3 rings (SSSR count). The number of unbranched alkanes of at least 4 members (excludes halogenated alkanes) is 10. The van der Waals surface area contributed by atoms with Crippen LogP contribution in [-0.4, -0.2) is 9.97 Å². The number of aryl methyl sites for hydroxylation is 1. The van der Waals surface area contributed by atoms with E-state index in [0.717, 1.165) is 49.9 Å². The fraction of sp³-hybridized carbons (Fsp3) is 0.667. The zero-order valence-electron chi connectivity index (χ0n) is 23.1. The molecule has 0 radical (unpaired) electrons. The molecule has 1 aromatic carbocycles. The van der Waals surface area contributed by atoms with E-state index in [0.29, 0.717) is 5.92 Å². The molecule has 0 atom stereocenters. The Labute approximate surface area is 221 Å². The Morgan fingerprint density at radius 1 is 0.778 bits per heavy atom. The number of nitriles is 1. The van der Waals surface area contributed by atoms with Crippen LogP contribution in [0.4, 0.5) is 0 Å². The van der Waals surface area contributed by atoms with E-state index in [1.807, 2.05) is 12.4 Å². The lowest BCUT2D eigenvalue weighted by atomic mass is 9.67. The van der Waals surface area contributed by atoms with Crippen molar-refractivity contribution >= 4 is 0 Å². The molecule has 0 spiro atoms. The van der Waals surface area contributed by atoms with Gasteiger partial charge in [-0.1, -0.05) is 109 Å². The fourth-order valence-electron chi connectivity index (χ4n) is 5.81. The van der Waals surface area contributed by atoms with Gasteiger partial charge in [0, 0.05) is 18.0 Å². The van der Waals surface area contributed by atoms with Crippen LogP contribution in [0.25, 0.3) is 11.4 Å². The molecule has 1 aliphatic rings. The lowest BCUT2D eigenvalue weighted by Crippen LogP contribution is -2.25. The van der Waals surface area contributed by atoms with Crippen molar-refractivity contribution in [1.29, 1.82) is 5.26 Å². The summed E-state index contributed by atoms with van der Waals surface area (Å²) in [6.07, 6.45) is 26.3. The summed E-state index contributed by atoms with van der Waals surface area (Å²) in [5.74, 6) is 1.39. The summed E-state index contributed by atoms with van der Waals surface area (Å²) in [5.41, 5.74) is 3.67. The van der Waals surface area contributed by atoms with E-state index in [1.165, 1.54) is 88.2 Å². The van der Waals surface area contributed by atoms with Crippen LogP contribution in [0.15, 0.2) is 36.7 Å². The average Bonchev–Trinajstić information content (AvgIpc) is 2.93. The summed E-state index contributed by atoms with van der Waals surface area (Å²) in [5, 5.41) is 9.92. The normalized spacial score (nSPS) is 19.8. The van der Waals surface area contributed by atoms with Gasteiger partial charge >= 0.3 is 0 Å². The van der Waals surface area contributed by atoms with Crippen molar-refractivity contribution in [2.75, 3.05) is 0 Å². The largest absolute Gasteiger partial charge is 0.236 e. The minimum Gasteiger partial charge on any atom is -0.236 e. The number of rotatable bonds is 16. The molecule has 0 saturated heterocycles. The van der Waals surface area contributed by atoms with E-state index in [4.69, 9.17) is 0 Å². The van der Waals surface area contributed by atoms with E-state index in [-0.39, 0.29) is 5.41 Å². The first-order chi connectivity index (χ1) is 17.7. The third-order valence-corrected chi connectivity index (χ3v) is 8.35. The van der Waals surface area contributed by atoms with Crippen LogP contribution in [0.3, 0.4) is 0 Å². The van der Waals surface area contributed by atoms with Crippen LogP contribution in [0.5, 0.6) is 0 Å². The van der Waals surface area contributed by atoms with Crippen molar-refractivity contribution in [2.24, 2.45) is 5.41 Å². The summed E-state index contributed by atoms with van der Waals surface area (Å²) in [6.45, 7) is 4.53. The quantitative estimate of drug-likeness (QED) is 0.221. The molecular weight excluding hydrogens is 438 g/mol. The Kier molecular flexibility index (Phi) is 12.5. The highest BCUT2D eigenvalue weighted by Crippen LogP contribution is 2.45.